The summed E-state index contributed by atoms with van der Waals surface area (Å²) < 4.78 is 14.9. The molecule has 1 N–H and O–H groups in total. The number of carbonyl (C=O) groups is 1. The molecule has 6 heteroatoms. The number of hydrogen-bond donors (Lipinski definition) is 1. The van der Waals surface area contributed by atoms with Crippen LogP contribution in [0.2, 0.25) is 0 Å². The van der Waals surface area contributed by atoms with E-state index >= 15 is 0 Å². The average molecular weight is 352 g/mol. The molecule has 1 aliphatic rings. The molecule has 3 aromatic rings. The van der Waals surface area contributed by atoms with Gasteiger partial charge in [-0.3, -0.25) is 14.1 Å². The minimum absolute atomic E-state index is 0.243. The smallest absolute Gasteiger partial charge is 0.341 e. The first-order chi connectivity index (χ1) is 12.5. The molecule has 132 valence electrons. The van der Waals surface area contributed by atoms with Gasteiger partial charge in [-0.25, -0.2) is 9.18 Å². The number of hydrogen-bond acceptors (Lipinski definition) is 3. The minimum Gasteiger partial charge on any atom is -0.477 e. The molecule has 0 spiro atoms. The van der Waals surface area contributed by atoms with E-state index in [0.29, 0.717) is 18.6 Å². The van der Waals surface area contributed by atoms with E-state index in [1.54, 1.807) is 24.4 Å². The number of fused-ring (bicyclic) bond motifs is 2. The summed E-state index contributed by atoms with van der Waals surface area (Å²) in [5, 5.41) is 9.35. The van der Waals surface area contributed by atoms with Crippen LogP contribution in [0.5, 0.6) is 0 Å². The summed E-state index contributed by atoms with van der Waals surface area (Å²) in [6.07, 6.45) is 2.39. The maximum Gasteiger partial charge on any atom is 0.341 e. The molecule has 0 saturated carbocycles. The SMILES string of the molecule is O=C(O)c1cc(CN2CCc3ccc(F)cc3C2)c2ccccn2c1=O. The highest BCUT2D eigenvalue weighted by atomic mass is 19.1. The lowest BCUT2D eigenvalue weighted by Crippen LogP contribution is -2.31. The average Bonchev–Trinajstić information content (AvgIpc) is 2.63. The number of carboxylic acid groups (broad SMARTS) is 1. The number of aromatic nitrogens is 1. The summed E-state index contributed by atoms with van der Waals surface area (Å²) in [5.41, 5.74) is 2.76. The quantitative estimate of drug-likeness (QED) is 0.787. The predicted octanol–water partition coefficient (Wildman–Crippen LogP) is 2.70. The lowest BCUT2D eigenvalue weighted by atomic mass is 9.99. The Labute approximate surface area is 148 Å². The van der Waals surface area contributed by atoms with Crippen molar-refractivity contribution < 1.29 is 14.3 Å². The predicted molar refractivity (Wildman–Crippen MR) is 94.8 cm³/mol. The monoisotopic (exact) mass is 352 g/mol. The second-order valence-electron chi connectivity index (χ2n) is 6.52. The fourth-order valence-electron chi connectivity index (χ4n) is 3.56. The Morgan fingerprint density at radius 2 is 2.00 bits per heavy atom. The number of carboxylic acids is 1. The molecule has 0 atom stereocenters. The highest BCUT2D eigenvalue weighted by Gasteiger charge is 2.20. The summed E-state index contributed by atoms with van der Waals surface area (Å²) >= 11 is 0. The van der Waals surface area contributed by atoms with Crippen LogP contribution in [0.4, 0.5) is 4.39 Å². The van der Waals surface area contributed by atoms with Gasteiger partial charge in [-0.05, 0) is 53.4 Å². The van der Waals surface area contributed by atoms with Gasteiger partial charge in [0.2, 0.25) is 0 Å². The number of aromatic carboxylic acids is 1. The van der Waals surface area contributed by atoms with Crippen LogP contribution in [0, 0.1) is 5.82 Å². The second kappa shape index (κ2) is 6.38. The number of pyridine rings is 2. The van der Waals surface area contributed by atoms with Gasteiger partial charge in [0.05, 0.1) is 5.52 Å². The number of rotatable bonds is 3. The van der Waals surface area contributed by atoms with Crippen LogP contribution < -0.4 is 5.56 Å². The van der Waals surface area contributed by atoms with Crippen molar-refractivity contribution in [1.82, 2.24) is 9.30 Å². The van der Waals surface area contributed by atoms with E-state index in [9.17, 15) is 19.1 Å². The van der Waals surface area contributed by atoms with Crippen LogP contribution in [0.25, 0.3) is 5.52 Å². The molecular formula is C20H17FN2O3. The van der Waals surface area contributed by atoms with Crippen LogP contribution in [0.3, 0.4) is 0 Å². The van der Waals surface area contributed by atoms with Crippen LogP contribution in [-0.4, -0.2) is 26.9 Å². The Kier molecular flexibility index (Phi) is 4.05. The van der Waals surface area contributed by atoms with E-state index in [-0.39, 0.29) is 11.4 Å². The standard InChI is InChI=1S/C20H17FN2O3/c21-16-5-4-13-6-8-22(11-14(13)9-16)12-15-10-17(20(25)26)19(24)23-7-2-1-3-18(15)23/h1-5,7,9-10H,6,8,11-12H2,(H,25,26). The van der Waals surface area contributed by atoms with E-state index in [1.165, 1.54) is 16.5 Å². The molecule has 5 nitrogen and oxygen atoms in total. The summed E-state index contributed by atoms with van der Waals surface area (Å²) in [6, 6.07) is 11.6. The topological polar surface area (TPSA) is 62.0 Å². The Morgan fingerprint density at radius 1 is 1.15 bits per heavy atom. The molecule has 0 saturated heterocycles. The second-order valence-corrected chi connectivity index (χ2v) is 6.52. The van der Waals surface area contributed by atoms with Crippen LogP contribution in [0.15, 0.2) is 53.5 Å². The third kappa shape index (κ3) is 2.88. The van der Waals surface area contributed by atoms with Crippen molar-refractivity contribution in [2.75, 3.05) is 6.54 Å². The molecule has 0 bridgehead atoms. The van der Waals surface area contributed by atoms with E-state index in [1.807, 2.05) is 12.1 Å². The first-order valence-electron chi connectivity index (χ1n) is 8.39. The Morgan fingerprint density at radius 3 is 2.81 bits per heavy atom. The Bertz CT molecular complexity index is 1070. The van der Waals surface area contributed by atoms with Crippen LogP contribution in [-0.2, 0) is 19.5 Å². The van der Waals surface area contributed by atoms with Gasteiger partial charge in [0.1, 0.15) is 11.4 Å². The molecule has 0 aliphatic carbocycles. The number of benzene rings is 1. The van der Waals surface area contributed by atoms with Gasteiger partial charge in [0.25, 0.3) is 5.56 Å². The van der Waals surface area contributed by atoms with Crippen LogP contribution >= 0.6 is 0 Å². The summed E-state index contributed by atoms with van der Waals surface area (Å²) in [4.78, 5) is 25.9. The molecule has 0 amide bonds. The van der Waals surface area contributed by atoms with Crippen molar-refractivity contribution in [3.05, 3.63) is 87.1 Å². The minimum atomic E-state index is -1.24. The zero-order valence-electron chi connectivity index (χ0n) is 14.0. The highest BCUT2D eigenvalue weighted by Crippen LogP contribution is 2.23. The van der Waals surface area contributed by atoms with Gasteiger partial charge in [-0.1, -0.05) is 12.1 Å². The molecule has 4 rings (SSSR count). The number of nitrogens with zero attached hydrogens (tertiary/aromatic N) is 2. The van der Waals surface area contributed by atoms with Gasteiger partial charge in [0.15, 0.2) is 0 Å². The fraction of sp³-hybridized carbons (Fsp3) is 0.200. The molecule has 1 aliphatic heterocycles. The fourth-order valence-corrected chi connectivity index (χ4v) is 3.56. The van der Waals surface area contributed by atoms with Crippen molar-refractivity contribution in [2.24, 2.45) is 0 Å². The summed E-state index contributed by atoms with van der Waals surface area (Å²) in [5.74, 6) is -1.49. The highest BCUT2D eigenvalue weighted by molar-refractivity contribution is 5.88. The van der Waals surface area contributed by atoms with Crippen molar-refractivity contribution >= 4 is 11.5 Å². The Hall–Kier alpha value is -2.99. The molecule has 0 radical (unpaired) electrons. The lowest BCUT2D eigenvalue weighted by molar-refractivity contribution is 0.0694. The largest absolute Gasteiger partial charge is 0.477 e. The van der Waals surface area contributed by atoms with E-state index < -0.39 is 11.5 Å². The number of halogens is 1. The molecular weight excluding hydrogens is 335 g/mol. The first-order valence-corrected chi connectivity index (χ1v) is 8.39. The van der Waals surface area contributed by atoms with Crippen molar-refractivity contribution in [3.8, 4) is 0 Å². The maximum atomic E-state index is 13.5. The van der Waals surface area contributed by atoms with Crippen LogP contribution in [0.1, 0.15) is 27.0 Å². The zero-order valence-corrected chi connectivity index (χ0v) is 14.0. The summed E-state index contributed by atoms with van der Waals surface area (Å²) in [6.45, 7) is 1.87. The molecule has 2 aromatic heterocycles. The van der Waals surface area contributed by atoms with Gasteiger partial charge in [-0.15, -0.1) is 0 Å². The van der Waals surface area contributed by atoms with Gasteiger partial charge in [-0.2, -0.15) is 0 Å². The summed E-state index contributed by atoms with van der Waals surface area (Å²) in [7, 11) is 0. The molecule has 3 heterocycles. The van der Waals surface area contributed by atoms with Crippen molar-refractivity contribution in [3.63, 3.8) is 0 Å². The van der Waals surface area contributed by atoms with E-state index in [0.717, 1.165) is 29.7 Å². The van der Waals surface area contributed by atoms with E-state index in [4.69, 9.17) is 0 Å². The third-order valence-electron chi connectivity index (χ3n) is 4.84. The van der Waals surface area contributed by atoms with Gasteiger partial charge >= 0.3 is 5.97 Å². The zero-order chi connectivity index (χ0) is 18.3. The first kappa shape index (κ1) is 16.5. The van der Waals surface area contributed by atoms with Crippen molar-refractivity contribution in [1.29, 1.82) is 0 Å². The maximum absolute atomic E-state index is 13.5. The van der Waals surface area contributed by atoms with Gasteiger partial charge in [0, 0.05) is 25.8 Å². The molecule has 0 unspecified atom stereocenters. The van der Waals surface area contributed by atoms with E-state index in [2.05, 4.69) is 4.90 Å². The molecule has 0 fully saturated rings. The van der Waals surface area contributed by atoms with Crippen molar-refractivity contribution in [2.45, 2.75) is 19.5 Å². The molecule has 1 aromatic carbocycles. The molecule has 26 heavy (non-hydrogen) atoms. The van der Waals surface area contributed by atoms with Gasteiger partial charge < -0.3 is 5.11 Å². The Balaban J connectivity index is 1.73. The third-order valence-corrected chi connectivity index (χ3v) is 4.84. The lowest BCUT2D eigenvalue weighted by Gasteiger charge is -2.29. The normalized spacial score (nSPS) is 14.3.